The van der Waals surface area contributed by atoms with E-state index < -0.39 is 0 Å². The fourth-order valence-corrected chi connectivity index (χ4v) is 5.30. The second-order valence-corrected chi connectivity index (χ2v) is 15.4. The standard InChI is InChI=1S/C14H30O.3C8H16O/c1-4-5-6-7-8-9-10-11-12-15-13-14(2)3;3*1-7-5-4-6-9-8(7,2)3/h14H,4-13H2,1-3H3;3*7H,4-6H2,1-3H3. The smallest absolute Gasteiger partial charge is 0.0651 e. The lowest BCUT2D eigenvalue weighted by molar-refractivity contribution is -0.0877. The molecule has 3 atom stereocenters. The molecule has 3 fully saturated rings. The molecule has 3 aliphatic heterocycles. The van der Waals surface area contributed by atoms with E-state index in [-0.39, 0.29) is 16.8 Å². The fraction of sp³-hybridized carbons (Fsp3) is 1.00. The molecule has 4 heteroatoms. The van der Waals surface area contributed by atoms with E-state index in [1.54, 1.807) is 0 Å². The molecule has 3 unspecified atom stereocenters. The maximum Gasteiger partial charge on any atom is 0.0651 e. The second kappa shape index (κ2) is 23.2. The third-order valence-electron chi connectivity index (χ3n) is 9.92. The Balaban J connectivity index is 0.000000548. The Kier molecular flexibility index (Phi) is 23.1. The van der Waals surface area contributed by atoms with Crippen molar-refractivity contribution in [2.45, 2.75) is 190 Å². The minimum Gasteiger partial charge on any atom is -0.381 e. The molecule has 254 valence electrons. The summed E-state index contributed by atoms with van der Waals surface area (Å²) in [6, 6.07) is 0. The van der Waals surface area contributed by atoms with E-state index in [2.05, 4.69) is 83.1 Å². The first-order valence-electron chi connectivity index (χ1n) is 18.1. The molecule has 3 heterocycles. The Morgan fingerprint density at radius 3 is 1.17 bits per heavy atom. The summed E-state index contributed by atoms with van der Waals surface area (Å²) in [6.45, 7) is 31.3. The van der Waals surface area contributed by atoms with Crippen LogP contribution in [0.15, 0.2) is 0 Å². The summed E-state index contributed by atoms with van der Waals surface area (Å²) in [5.41, 5.74) is 0.411. The Bertz CT molecular complexity index is 550. The molecule has 4 nitrogen and oxygen atoms in total. The Labute approximate surface area is 265 Å². The highest BCUT2D eigenvalue weighted by atomic mass is 16.5. The van der Waals surface area contributed by atoms with Gasteiger partial charge in [0.1, 0.15) is 0 Å². The van der Waals surface area contributed by atoms with Gasteiger partial charge in [0, 0.05) is 33.0 Å². The molecule has 0 N–H and O–H groups in total. The summed E-state index contributed by atoms with van der Waals surface area (Å²) in [6.07, 6.45) is 18.7. The van der Waals surface area contributed by atoms with Crippen molar-refractivity contribution in [3.8, 4) is 0 Å². The van der Waals surface area contributed by atoms with Gasteiger partial charge in [-0.1, -0.05) is 86.5 Å². The summed E-state index contributed by atoms with van der Waals surface area (Å²) in [5.74, 6) is 2.86. The molecule has 0 spiro atoms. The van der Waals surface area contributed by atoms with Crippen LogP contribution in [0.1, 0.15) is 173 Å². The normalized spacial score (nSPS) is 26.1. The van der Waals surface area contributed by atoms with Crippen molar-refractivity contribution in [3.05, 3.63) is 0 Å². The zero-order valence-corrected chi connectivity index (χ0v) is 30.9. The van der Waals surface area contributed by atoms with E-state index in [9.17, 15) is 0 Å². The van der Waals surface area contributed by atoms with E-state index in [0.29, 0.717) is 5.92 Å². The Morgan fingerprint density at radius 1 is 0.571 bits per heavy atom. The monoisotopic (exact) mass is 599 g/mol. The van der Waals surface area contributed by atoms with Gasteiger partial charge >= 0.3 is 0 Å². The SMILES string of the molecule is CC1CCCOC1(C)C.CC1CCCOC1(C)C.CC1CCCOC1(C)C.CCCCCCCCCCOCC(C)C. The average Bonchev–Trinajstić information content (AvgIpc) is 2.91. The van der Waals surface area contributed by atoms with E-state index in [0.717, 1.165) is 50.8 Å². The van der Waals surface area contributed by atoms with Gasteiger partial charge in [-0.05, 0) is 110 Å². The maximum atomic E-state index is 5.58. The Morgan fingerprint density at radius 2 is 0.905 bits per heavy atom. The number of hydrogen-bond acceptors (Lipinski definition) is 4. The largest absolute Gasteiger partial charge is 0.381 e. The van der Waals surface area contributed by atoms with Gasteiger partial charge in [0.15, 0.2) is 0 Å². The summed E-state index contributed by atoms with van der Waals surface area (Å²) < 4.78 is 22.3. The molecule has 3 saturated heterocycles. The lowest BCUT2D eigenvalue weighted by Gasteiger charge is -2.36. The highest BCUT2D eigenvalue weighted by Crippen LogP contribution is 2.31. The first-order chi connectivity index (χ1) is 19.7. The predicted molar refractivity (Wildman–Crippen MR) is 184 cm³/mol. The first-order valence-corrected chi connectivity index (χ1v) is 18.1. The lowest BCUT2D eigenvalue weighted by Crippen LogP contribution is -2.36. The minimum atomic E-state index is 0.137. The molecule has 3 aliphatic rings. The van der Waals surface area contributed by atoms with Crippen LogP contribution >= 0.6 is 0 Å². The van der Waals surface area contributed by atoms with E-state index >= 15 is 0 Å². The van der Waals surface area contributed by atoms with E-state index in [4.69, 9.17) is 18.9 Å². The topological polar surface area (TPSA) is 36.9 Å². The van der Waals surface area contributed by atoms with Gasteiger partial charge in [0.05, 0.1) is 16.8 Å². The van der Waals surface area contributed by atoms with Gasteiger partial charge in [-0.3, -0.25) is 0 Å². The second-order valence-electron chi connectivity index (χ2n) is 15.4. The molecule has 0 radical (unpaired) electrons. The zero-order valence-electron chi connectivity index (χ0n) is 30.9. The molecule has 0 aromatic heterocycles. The van der Waals surface area contributed by atoms with Crippen LogP contribution in [0, 0.1) is 23.7 Å². The molecule has 0 aliphatic carbocycles. The number of rotatable bonds is 11. The van der Waals surface area contributed by atoms with Crippen molar-refractivity contribution in [3.63, 3.8) is 0 Å². The quantitative estimate of drug-likeness (QED) is 0.222. The van der Waals surface area contributed by atoms with Crippen LogP contribution in [0.25, 0.3) is 0 Å². The number of ether oxygens (including phenoxy) is 4. The molecule has 0 aromatic carbocycles. The van der Waals surface area contributed by atoms with Crippen LogP contribution in [0.4, 0.5) is 0 Å². The van der Waals surface area contributed by atoms with Gasteiger partial charge in [0.2, 0.25) is 0 Å². The van der Waals surface area contributed by atoms with Crippen molar-refractivity contribution < 1.29 is 18.9 Å². The third-order valence-corrected chi connectivity index (χ3v) is 9.92. The van der Waals surface area contributed by atoms with Crippen LogP contribution in [-0.2, 0) is 18.9 Å². The average molecular weight is 599 g/mol. The molecular weight excluding hydrogens is 520 g/mol. The first kappa shape index (κ1) is 41.8. The van der Waals surface area contributed by atoms with Gasteiger partial charge in [-0.25, -0.2) is 0 Å². The summed E-state index contributed by atoms with van der Waals surface area (Å²) >= 11 is 0. The molecule has 42 heavy (non-hydrogen) atoms. The summed E-state index contributed by atoms with van der Waals surface area (Å²) in [4.78, 5) is 0. The van der Waals surface area contributed by atoms with Crippen molar-refractivity contribution in [2.24, 2.45) is 23.7 Å². The van der Waals surface area contributed by atoms with Crippen LogP contribution in [0.3, 0.4) is 0 Å². The van der Waals surface area contributed by atoms with E-state index in [1.165, 1.54) is 89.9 Å². The highest BCUT2D eigenvalue weighted by Gasteiger charge is 2.30. The molecular formula is C38H78O4. The minimum absolute atomic E-state index is 0.137. The van der Waals surface area contributed by atoms with Crippen LogP contribution < -0.4 is 0 Å². The number of unbranched alkanes of at least 4 members (excludes halogenated alkanes) is 7. The van der Waals surface area contributed by atoms with Crippen molar-refractivity contribution in [1.82, 2.24) is 0 Å². The Hall–Kier alpha value is -0.160. The van der Waals surface area contributed by atoms with Gasteiger partial charge in [-0.2, -0.15) is 0 Å². The molecule has 0 bridgehead atoms. The summed E-state index contributed by atoms with van der Waals surface area (Å²) in [7, 11) is 0. The van der Waals surface area contributed by atoms with Gasteiger partial charge < -0.3 is 18.9 Å². The van der Waals surface area contributed by atoms with Crippen molar-refractivity contribution in [1.29, 1.82) is 0 Å². The zero-order chi connectivity index (χ0) is 32.1. The fourth-order valence-electron chi connectivity index (χ4n) is 5.30. The van der Waals surface area contributed by atoms with E-state index in [1.807, 2.05) is 0 Å². The molecule has 0 aromatic rings. The molecule has 0 amide bonds. The third kappa shape index (κ3) is 20.7. The van der Waals surface area contributed by atoms with Crippen LogP contribution in [-0.4, -0.2) is 49.8 Å². The summed E-state index contributed by atoms with van der Waals surface area (Å²) in [5, 5.41) is 0. The maximum absolute atomic E-state index is 5.58. The molecule has 0 saturated carbocycles. The lowest BCUT2D eigenvalue weighted by atomic mass is 9.87. The van der Waals surface area contributed by atoms with Crippen molar-refractivity contribution >= 4 is 0 Å². The van der Waals surface area contributed by atoms with Crippen molar-refractivity contribution in [2.75, 3.05) is 33.0 Å². The number of hydrogen-bond donors (Lipinski definition) is 0. The van der Waals surface area contributed by atoms with Gasteiger partial charge in [-0.15, -0.1) is 0 Å². The van der Waals surface area contributed by atoms with Gasteiger partial charge in [0.25, 0.3) is 0 Å². The van der Waals surface area contributed by atoms with Crippen LogP contribution in [0.2, 0.25) is 0 Å². The van der Waals surface area contributed by atoms with Crippen LogP contribution in [0.5, 0.6) is 0 Å². The molecule has 3 rings (SSSR count). The highest BCUT2D eigenvalue weighted by molar-refractivity contribution is 4.80. The predicted octanol–water partition coefficient (Wildman–Crippen LogP) is 11.4.